The molecule has 0 radical (unpaired) electrons. The molecule has 0 amide bonds. The van der Waals surface area contributed by atoms with Gasteiger partial charge in [0.25, 0.3) is 0 Å². The third-order valence-corrected chi connectivity index (χ3v) is 3.72. The molecular formula is C13H14F3NO. The van der Waals surface area contributed by atoms with Gasteiger partial charge in [-0.15, -0.1) is 0 Å². The van der Waals surface area contributed by atoms with Crippen LogP contribution in [0.1, 0.15) is 30.9 Å². The lowest BCUT2D eigenvalue weighted by molar-refractivity contribution is -0.138. The molecule has 1 N–H and O–H groups in total. The Labute approximate surface area is 102 Å². The van der Waals surface area contributed by atoms with Crippen LogP contribution in [0.5, 0.6) is 0 Å². The molecule has 2 atom stereocenters. The van der Waals surface area contributed by atoms with Crippen LogP contribution in [-0.4, -0.2) is 22.0 Å². The predicted octanol–water partition coefficient (Wildman–Crippen LogP) is 1.25. The minimum Gasteiger partial charge on any atom is -0.389 e. The summed E-state index contributed by atoms with van der Waals surface area (Å²) >= 11 is 0. The average Bonchev–Trinajstić information content (AvgIpc) is 2.76. The van der Waals surface area contributed by atoms with Crippen molar-refractivity contribution in [3.8, 4) is 0 Å². The third-order valence-electron chi connectivity index (χ3n) is 3.72. The summed E-state index contributed by atoms with van der Waals surface area (Å²) in [7, 11) is 0. The summed E-state index contributed by atoms with van der Waals surface area (Å²) in [5.74, 6) is -0.436. The highest BCUT2D eigenvalue weighted by Gasteiger charge is 2.36. The van der Waals surface area contributed by atoms with Gasteiger partial charge in [-0.3, -0.25) is 0 Å². The minimum absolute atomic E-state index is 0.436. The Morgan fingerprint density at radius 3 is 2.89 bits per heavy atom. The van der Waals surface area contributed by atoms with Crippen LogP contribution in [0.3, 0.4) is 0 Å². The van der Waals surface area contributed by atoms with Gasteiger partial charge >= 0.3 is 6.18 Å². The highest BCUT2D eigenvalue weighted by atomic mass is 19.4. The van der Waals surface area contributed by atoms with E-state index in [4.69, 9.17) is 0 Å². The van der Waals surface area contributed by atoms with Gasteiger partial charge in [-0.1, -0.05) is 6.08 Å². The molecule has 98 valence electrons. The first-order chi connectivity index (χ1) is 8.44. The van der Waals surface area contributed by atoms with E-state index in [0.717, 1.165) is 16.3 Å². The fraction of sp³-hybridized carbons (Fsp3) is 0.538. The van der Waals surface area contributed by atoms with Gasteiger partial charge in [-0.25, -0.2) is 0 Å². The number of aromatic nitrogens is 1. The molecule has 5 heteroatoms. The number of halogens is 3. The lowest BCUT2D eigenvalue weighted by Gasteiger charge is -2.11. The normalized spacial score (nSPS) is 26.2. The molecule has 0 saturated heterocycles. The van der Waals surface area contributed by atoms with E-state index in [-0.39, 0.29) is 0 Å². The van der Waals surface area contributed by atoms with Gasteiger partial charge in [0.15, 0.2) is 0 Å². The van der Waals surface area contributed by atoms with Crippen molar-refractivity contribution in [2.24, 2.45) is 0 Å². The number of aliphatic hydroxyl groups excluding tert-OH is 1. The second kappa shape index (κ2) is 3.88. The van der Waals surface area contributed by atoms with Crippen molar-refractivity contribution in [3.05, 3.63) is 22.3 Å². The van der Waals surface area contributed by atoms with Crippen LogP contribution in [0.15, 0.2) is 6.07 Å². The van der Waals surface area contributed by atoms with Gasteiger partial charge in [0.2, 0.25) is 0 Å². The maximum atomic E-state index is 12.5. The van der Waals surface area contributed by atoms with Crippen molar-refractivity contribution >= 4 is 12.2 Å². The molecular weight excluding hydrogens is 243 g/mol. The van der Waals surface area contributed by atoms with Gasteiger partial charge in [0.05, 0.1) is 12.5 Å². The fourth-order valence-electron chi connectivity index (χ4n) is 2.98. The molecule has 0 fully saturated rings. The molecule has 2 nitrogen and oxygen atoms in total. The third kappa shape index (κ3) is 1.96. The van der Waals surface area contributed by atoms with Gasteiger partial charge in [0.1, 0.15) is 0 Å². The monoisotopic (exact) mass is 257 g/mol. The second-order valence-electron chi connectivity index (χ2n) is 5.04. The molecule has 2 heterocycles. The summed E-state index contributed by atoms with van der Waals surface area (Å²) < 4.78 is 39.4. The zero-order chi connectivity index (χ0) is 12.9. The number of fused-ring (bicyclic) bond motifs is 3. The first-order valence-electron chi connectivity index (χ1n) is 6.10. The van der Waals surface area contributed by atoms with E-state index in [2.05, 4.69) is 0 Å². The quantitative estimate of drug-likeness (QED) is 0.805. The lowest BCUT2D eigenvalue weighted by Crippen LogP contribution is -2.33. The average molecular weight is 257 g/mol. The molecule has 0 spiro atoms. The Hall–Kier alpha value is -1.23. The molecule has 1 aromatic heterocycles. The van der Waals surface area contributed by atoms with Gasteiger partial charge < -0.3 is 9.67 Å². The number of hydrogen-bond donors (Lipinski definition) is 1. The Kier molecular flexibility index (Phi) is 2.55. The predicted molar refractivity (Wildman–Crippen MR) is 61.3 cm³/mol. The molecule has 1 aromatic rings. The topological polar surface area (TPSA) is 25.2 Å². The molecule has 18 heavy (non-hydrogen) atoms. The molecule has 1 aliphatic carbocycles. The maximum Gasteiger partial charge on any atom is 0.389 e. The number of alkyl halides is 3. The van der Waals surface area contributed by atoms with Crippen LogP contribution in [0.25, 0.3) is 12.2 Å². The smallest absolute Gasteiger partial charge is 0.389 e. The van der Waals surface area contributed by atoms with Crippen LogP contribution < -0.4 is 10.6 Å². The first kappa shape index (κ1) is 11.8. The van der Waals surface area contributed by atoms with Crippen molar-refractivity contribution in [1.29, 1.82) is 0 Å². The molecule has 0 saturated carbocycles. The Morgan fingerprint density at radius 2 is 2.17 bits per heavy atom. The van der Waals surface area contributed by atoms with Gasteiger partial charge in [-0.05, 0) is 30.2 Å². The van der Waals surface area contributed by atoms with E-state index in [1.807, 2.05) is 10.6 Å². The van der Waals surface area contributed by atoms with Crippen LogP contribution in [-0.2, 0) is 6.54 Å². The zero-order valence-corrected chi connectivity index (χ0v) is 9.74. The standard InChI is InChI=1S/C13H14F3NO/c14-13(15,16)7-8-3-4-17-11-2-1-10(18)5-9(11)6-12(8)17/h2,5-6,8,10,18H,1,3-4,7H2. The molecule has 2 unspecified atom stereocenters. The highest BCUT2D eigenvalue weighted by molar-refractivity contribution is 5.42. The van der Waals surface area contributed by atoms with Crippen LogP contribution in [0.2, 0.25) is 0 Å². The molecule has 3 rings (SSSR count). The van der Waals surface area contributed by atoms with Crippen LogP contribution in [0, 0.1) is 0 Å². The molecule has 0 bridgehead atoms. The summed E-state index contributed by atoms with van der Waals surface area (Å²) in [5.41, 5.74) is 0.763. The Morgan fingerprint density at radius 1 is 1.39 bits per heavy atom. The van der Waals surface area contributed by atoms with Crippen LogP contribution >= 0.6 is 0 Å². The van der Waals surface area contributed by atoms with E-state index in [1.165, 1.54) is 0 Å². The SMILES string of the molecule is OC1C=c2cc3n(c2=CC1)CCC3CC(F)(F)F. The molecule has 0 aromatic carbocycles. The minimum atomic E-state index is -4.11. The van der Waals surface area contributed by atoms with E-state index in [1.54, 1.807) is 12.1 Å². The summed E-state index contributed by atoms with van der Waals surface area (Å²) in [6, 6.07) is 1.80. The second-order valence-corrected chi connectivity index (χ2v) is 5.04. The van der Waals surface area contributed by atoms with Gasteiger partial charge in [-0.2, -0.15) is 13.2 Å². The van der Waals surface area contributed by atoms with E-state index < -0.39 is 24.6 Å². The zero-order valence-electron chi connectivity index (χ0n) is 9.74. The lowest BCUT2D eigenvalue weighted by atomic mass is 10.00. The van der Waals surface area contributed by atoms with Crippen molar-refractivity contribution in [3.63, 3.8) is 0 Å². The molecule has 2 aliphatic rings. The van der Waals surface area contributed by atoms with Crippen molar-refractivity contribution in [1.82, 2.24) is 4.57 Å². The first-order valence-corrected chi connectivity index (χ1v) is 6.10. The number of hydrogen-bond acceptors (Lipinski definition) is 1. The van der Waals surface area contributed by atoms with Crippen LogP contribution in [0.4, 0.5) is 13.2 Å². The summed E-state index contributed by atoms with van der Waals surface area (Å²) in [5, 5.41) is 11.4. The highest BCUT2D eigenvalue weighted by Crippen LogP contribution is 2.36. The van der Waals surface area contributed by atoms with Crippen molar-refractivity contribution < 1.29 is 18.3 Å². The Balaban J connectivity index is 2.02. The number of aliphatic hydroxyl groups is 1. The van der Waals surface area contributed by atoms with Gasteiger partial charge in [0, 0.05) is 23.5 Å². The van der Waals surface area contributed by atoms with E-state index in [9.17, 15) is 18.3 Å². The number of nitrogens with zero attached hydrogens (tertiary/aromatic N) is 1. The largest absolute Gasteiger partial charge is 0.389 e. The fourth-order valence-corrected chi connectivity index (χ4v) is 2.98. The maximum absolute atomic E-state index is 12.5. The van der Waals surface area contributed by atoms with E-state index in [0.29, 0.717) is 19.4 Å². The summed E-state index contributed by atoms with van der Waals surface area (Å²) in [4.78, 5) is 0. The van der Waals surface area contributed by atoms with E-state index >= 15 is 0 Å². The summed E-state index contributed by atoms with van der Waals surface area (Å²) in [6.45, 7) is 0.645. The molecule has 1 aliphatic heterocycles. The summed E-state index contributed by atoms with van der Waals surface area (Å²) in [6.07, 6.45) is -0.638. The Bertz CT molecular complexity index is 585. The van der Waals surface area contributed by atoms with Crippen molar-refractivity contribution in [2.45, 2.75) is 44.0 Å². The van der Waals surface area contributed by atoms with Crippen molar-refractivity contribution in [2.75, 3.05) is 0 Å². The number of rotatable bonds is 1.